The van der Waals surface area contributed by atoms with Gasteiger partial charge in [0.15, 0.2) is 0 Å². The number of aromatic carboxylic acids is 1. The molecule has 10 heteroatoms. The molecule has 0 saturated heterocycles. The van der Waals surface area contributed by atoms with Gasteiger partial charge in [0, 0.05) is 26.2 Å². The molecule has 146 valence electrons. The van der Waals surface area contributed by atoms with Crippen molar-refractivity contribution in [3.63, 3.8) is 0 Å². The maximum Gasteiger partial charge on any atom is 0.490 e. The van der Waals surface area contributed by atoms with Crippen molar-refractivity contribution in [3.8, 4) is 0 Å². The molecule has 0 atom stereocenters. The van der Waals surface area contributed by atoms with E-state index in [9.17, 15) is 27.9 Å². The van der Waals surface area contributed by atoms with Crippen molar-refractivity contribution in [3.05, 3.63) is 23.8 Å². The maximum absolute atomic E-state index is 11.3. The highest BCUT2D eigenvalue weighted by Crippen LogP contribution is 2.24. The van der Waals surface area contributed by atoms with E-state index in [-0.39, 0.29) is 11.5 Å². The van der Waals surface area contributed by atoms with Crippen molar-refractivity contribution >= 4 is 29.2 Å². The molecule has 1 rings (SSSR count). The molecular formula is C16H21F3N2O5. The summed E-state index contributed by atoms with van der Waals surface area (Å²) >= 11 is 0. The number of alkyl halides is 3. The number of nitrogens with one attached hydrogen (secondary N) is 1. The SMILES string of the molecule is CCCCN(C)c1ccc(NC(C)=O)cc1C(=O)O.O=C(O)C(F)(F)F. The Labute approximate surface area is 148 Å². The predicted octanol–water partition coefficient (Wildman–Crippen LogP) is 3.21. The summed E-state index contributed by atoms with van der Waals surface area (Å²) in [4.78, 5) is 33.1. The second-order valence-corrected chi connectivity index (χ2v) is 5.30. The van der Waals surface area contributed by atoms with Gasteiger partial charge >= 0.3 is 18.1 Å². The fourth-order valence-corrected chi connectivity index (χ4v) is 1.84. The second-order valence-electron chi connectivity index (χ2n) is 5.30. The van der Waals surface area contributed by atoms with Gasteiger partial charge in [0.2, 0.25) is 5.91 Å². The lowest BCUT2D eigenvalue weighted by atomic mass is 10.1. The minimum absolute atomic E-state index is 0.199. The van der Waals surface area contributed by atoms with Crippen molar-refractivity contribution in [1.82, 2.24) is 0 Å². The number of amides is 1. The molecule has 0 aliphatic rings. The maximum atomic E-state index is 11.3. The van der Waals surface area contributed by atoms with Crippen molar-refractivity contribution in [1.29, 1.82) is 0 Å². The van der Waals surface area contributed by atoms with Crippen LogP contribution in [0.4, 0.5) is 24.5 Å². The number of carboxylic acids is 2. The average Bonchev–Trinajstić information content (AvgIpc) is 2.51. The first-order valence-corrected chi connectivity index (χ1v) is 7.56. The van der Waals surface area contributed by atoms with Crippen LogP contribution >= 0.6 is 0 Å². The average molecular weight is 378 g/mol. The van der Waals surface area contributed by atoms with Crippen LogP contribution < -0.4 is 10.2 Å². The van der Waals surface area contributed by atoms with E-state index >= 15 is 0 Å². The number of benzene rings is 1. The highest BCUT2D eigenvalue weighted by molar-refractivity contribution is 5.97. The van der Waals surface area contributed by atoms with Gasteiger partial charge in [0.1, 0.15) is 0 Å². The molecule has 3 N–H and O–H groups in total. The molecular weight excluding hydrogens is 357 g/mol. The summed E-state index contributed by atoms with van der Waals surface area (Å²) < 4.78 is 31.7. The first-order valence-electron chi connectivity index (χ1n) is 7.56. The Hall–Kier alpha value is -2.78. The number of hydrogen-bond donors (Lipinski definition) is 3. The lowest BCUT2D eigenvalue weighted by Crippen LogP contribution is -2.21. The van der Waals surface area contributed by atoms with Gasteiger partial charge in [-0.2, -0.15) is 13.2 Å². The van der Waals surface area contributed by atoms with Gasteiger partial charge in [-0.15, -0.1) is 0 Å². The fraction of sp³-hybridized carbons (Fsp3) is 0.438. The largest absolute Gasteiger partial charge is 0.490 e. The normalized spacial score (nSPS) is 10.4. The number of nitrogens with zero attached hydrogens (tertiary/aromatic N) is 1. The van der Waals surface area contributed by atoms with E-state index in [1.165, 1.54) is 13.0 Å². The molecule has 0 unspecified atom stereocenters. The quantitative estimate of drug-likeness (QED) is 0.702. The van der Waals surface area contributed by atoms with E-state index in [0.717, 1.165) is 19.4 Å². The molecule has 1 amide bonds. The van der Waals surface area contributed by atoms with E-state index < -0.39 is 18.1 Å². The highest BCUT2D eigenvalue weighted by Gasteiger charge is 2.38. The standard InChI is InChI=1S/C14H20N2O3.C2HF3O2/c1-4-5-8-16(3)13-7-6-11(15-10(2)17)9-12(13)14(18)19;3-2(4,5)1(6)7/h6-7,9H,4-5,8H2,1-3H3,(H,15,17)(H,18,19);(H,6,7). The molecule has 0 aromatic heterocycles. The van der Waals surface area contributed by atoms with Crippen LogP contribution in [-0.4, -0.2) is 47.8 Å². The zero-order valence-electron chi connectivity index (χ0n) is 14.6. The Kier molecular flexibility index (Phi) is 9.17. The van der Waals surface area contributed by atoms with E-state index in [4.69, 9.17) is 9.90 Å². The number of anilines is 2. The van der Waals surface area contributed by atoms with E-state index in [1.54, 1.807) is 12.1 Å². The first kappa shape index (κ1) is 23.2. The lowest BCUT2D eigenvalue weighted by molar-refractivity contribution is -0.192. The number of unbranched alkanes of at least 4 members (excludes halogenated alkanes) is 1. The number of halogens is 3. The van der Waals surface area contributed by atoms with Crippen LogP contribution in [0, 0.1) is 0 Å². The molecule has 0 spiro atoms. The number of carbonyl (C=O) groups is 3. The first-order chi connectivity index (χ1) is 11.9. The zero-order valence-corrected chi connectivity index (χ0v) is 14.6. The molecule has 7 nitrogen and oxygen atoms in total. The third-order valence-corrected chi connectivity index (χ3v) is 3.05. The Morgan fingerprint density at radius 2 is 1.73 bits per heavy atom. The summed E-state index contributed by atoms with van der Waals surface area (Å²) in [5.41, 5.74) is 1.36. The summed E-state index contributed by atoms with van der Waals surface area (Å²) in [6, 6.07) is 4.93. The number of carboxylic acid groups (broad SMARTS) is 2. The van der Waals surface area contributed by atoms with Crippen LogP contribution in [0.25, 0.3) is 0 Å². The summed E-state index contributed by atoms with van der Waals surface area (Å²) in [6.45, 7) is 4.28. The number of rotatable bonds is 6. The lowest BCUT2D eigenvalue weighted by Gasteiger charge is -2.21. The Balaban J connectivity index is 0.000000758. The fourth-order valence-electron chi connectivity index (χ4n) is 1.84. The molecule has 0 saturated carbocycles. The van der Waals surface area contributed by atoms with Gasteiger partial charge < -0.3 is 20.4 Å². The molecule has 0 heterocycles. The summed E-state index contributed by atoms with van der Waals surface area (Å²) in [5, 5.41) is 19.0. The van der Waals surface area contributed by atoms with E-state index in [0.29, 0.717) is 11.4 Å². The second kappa shape index (κ2) is 10.3. The minimum Gasteiger partial charge on any atom is -0.478 e. The molecule has 0 aliphatic carbocycles. The monoisotopic (exact) mass is 378 g/mol. The predicted molar refractivity (Wildman–Crippen MR) is 89.6 cm³/mol. The van der Waals surface area contributed by atoms with Crippen LogP contribution in [0.3, 0.4) is 0 Å². The van der Waals surface area contributed by atoms with Gasteiger partial charge in [-0.1, -0.05) is 13.3 Å². The third-order valence-electron chi connectivity index (χ3n) is 3.05. The van der Waals surface area contributed by atoms with Crippen LogP contribution in [0.5, 0.6) is 0 Å². The molecule has 1 aromatic rings. The van der Waals surface area contributed by atoms with Crippen LogP contribution in [0.15, 0.2) is 18.2 Å². The van der Waals surface area contributed by atoms with Gasteiger partial charge in [-0.25, -0.2) is 9.59 Å². The van der Waals surface area contributed by atoms with E-state index in [2.05, 4.69) is 12.2 Å². The highest BCUT2D eigenvalue weighted by atomic mass is 19.4. The molecule has 0 bridgehead atoms. The number of carbonyl (C=O) groups excluding carboxylic acids is 1. The molecule has 26 heavy (non-hydrogen) atoms. The van der Waals surface area contributed by atoms with Gasteiger partial charge in [-0.05, 0) is 24.6 Å². The van der Waals surface area contributed by atoms with Crippen LogP contribution in [-0.2, 0) is 9.59 Å². The van der Waals surface area contributed by atoms with Crippen molar-refractivity contribution < 1.29 is 37.8 Å². The summed E-state index contributed by atoms with van der Waals surface area (Å²) in [6.07, 6.45) is -3.03. The van der Waals surface area contributed by atoms with E-state index in [1.807, 2.05) is 11.9 Å². The molecule has 0 aliphatic heterocycles. The number of aliphatic carboxylic acids is 1. The Morgan fingerprint density at radius 1 is 1.19 bits per heavy atom. The van der Waals surface area contributed by atoms with Crippen molar-refractivity contribution in [2.45, 2.75) is 32.9 Å². The van der Waals surface area contributed by atoms with Crippen molar-refractivity contribution in [2.75, 3.05) is 23.8 Å². The number of hydrogen-bond acceptors (Lipinski definition) is 4. The summed E-state index contributed by atoms with van der Waals surface area (Å²) in [7, 11) is 1.87. The summed E-state index contributed by atoms with van der Waals surface area (Å²) in [5.74, 6) is -3.97. The Bertz CT molecular complexity index is 647. The minimum atomic E-state index is -5.08. The smallest absolute Gasteiger partial charge is 0.478 e. The molecule has 0 fully saturated rings. The Morgan fingerprint density at radius 3 is 2.12 bits per heavy atom. The zero-order chi connectivity index (χ0) is 20.5. The van der Waals surface area contributed by atoms with Crippen molar-refractivity contribution in [2.24, 2.45) is 0 Å². The van der Waals surface area contributed by atoms with Crippen LogP contribution in [0.2, 0.25) is 0 Å². The van der Waals surface area contributed by atoms with Gasteiger partial charge in [0.05, 0.1) is 11.3 Å². The molecule has 1 aromatic carbocycles. The van der Waals surface area contributed by atoms with Crippen LogP contribution in [0.1, 0.15) is 37.0 Å². The topological polar surface area (TPSA) is 107 Å². The molecule has 0 radical (unpaired) electrons. The van der Waals surface area contributed by atoms with Gasteiger partial charge in [0.25, 0.3) is 0 Å². The van der Waals surface area contributed by atoms with Gasteiger partial charge in [-0.3, -0.25) is 4.79 Å². The third kappa shape index (κ3) is 8.36.